The first-order chi connectivity index (χ1) is 16.2. The molecule has 7 nitrogen and oxygen atoms in total. The zero-order valence-corrected chi connectivity index (χ0v) is 24.2. The van der Waals surface area contributed by atoms with E-state index in [9.17, 15) is 18.0 Å². The van der Waals surface area contributed by atoms with Gasteiger partial charge in [-0.25, -0.2) is 8.42 Å². The molecule has 192 valence electrons. The molecule has 2 rings (SSSR count). The molecule has 0 aromatic heterocycles. The molecule has 2 amide bonds. The number of hydrogen-bond acceptors (Lipinski definition) is 4. The number of nitrogens with one attached hydrogen (secondary N) is 1. The number of amides is 2. The second kappa shape index (κ2) is 12.4. The van der Waals surface area contributed by atoms with Crippen LogP contribution in [0.3, 0.4) is 0 Å². The van der Waals surface area contributed by atoms with E-state index in [0.717, 1.165) is 20.6 Å². The molecule has 0 aliphatic heterocycles. The van der Waals surface area contributed by atoms with Crippen LogP contribution in [0.5, 0.6) is 0 Å². The number of hydrogen-bond donors (Lipinski definition) is 1. The molecular formula is C24H30BrCl2N3O4S. The fraction of sp³-hybridized carbons (Fsp3) is 0.417. The lowest BCUT2D eigenvalue weighted by molar-refractivity contribution is -0.140. The van der Waals surface area contributed by atoms with Crippen molar-refractivity contribution in [1.82, 2.24) is 10.2 Å². The summed E-state index contributed by atoms with van der Waals surface area (Å²) < 4.78 is 27.2. The molecule has 0 saturated heterocycles. The number of carbonyl (C=O) groups excluding carboxylic acids is 2. The van der Waals surface area contributed by atoms with Crippen molar-refractivity contribution in [2.75, 3.05) is 17.1 Å². The molecule has 0 bridgehead atoms. The summed E-state index contributed by atoms with van der Waals surface area (Å²) in [6, 6.07) is 8.96. The molecule has 0 aliphatic rings. The van der Waals surface area contributed by atoms with E-state index in [1.807, 2.05) is 20.8 Å². The highest BCUT2D eigenvalue weighted by Gasteiger charge is 2.32. The normalized spacial score (nSPS) is 12.4. The highest BCUT2D eigenvalue weighted by molar-refractivity contribution is 9.10. The monoisotopic (exact) mass is 605 g/mol. The van der Waals surface area contributed by atoms with E-state index in [0.29, 0.717) is 27.7 Å². The first-order valence-electron chi connectivity index (χ1n) is 11.0. The number of sulfonamides is 1. The van der Waals surface area contributed by atoms with Gasteiger partial charge in [-0.15, -0.1) is 0 Å². The number of anilines is 1. The van der Waals surface area contributed by atoms with Gasteiger partial charge in [0, 0.05) is 27.1 Å². The average molecular weight is 607 g/mol. The van der Waals surface area contributed by atoms with Gasteiger partial charge >= 0.3 is 0 Å². The molecule has 0 heterocycles. The minimum Gasteiger partial charge on any atom is -0.352 e. The van der Waals surface area contributed by atoms with Crippen LogP contribution in [0, 0.1) is 6.92 Å². The highest BCUT2D eigenvalue weighted by Crippen LogP contribution is 2.27. The van der Waals surface area contributed by atoms with E-state index < -0.39 is 28.5 Å². The maximum Gasteiger partial charge on any atom is 0.244 e. The summed E-state index contributed by atoms with van der Waals surface area (Å²) in [5.74, 6) is -0.862. The van der Waals surface area contributed by atoms with Crippen LogP contribution in [0.25, 0.3) is 0 Å². The quantitative estimate of drug-likeness (QED) is 0.405. The van der Waals surface area contributed by atoms with Gasteiger partial charge in [0.1, 0.15) is 12.6 Å². The van der Waals surface area contributed by atoms with Gasteiger partial charge < -0.3 is 10.2 Å². The predicted molar refractivity (Wildman–Crippen MR) is 145 cm³/mol. The molecule has 0 fully saturated rings. The van der Waals surface area contributed by atoms with E-state index in [1.165, 1.54) is 4.90 Å². The SMILES string of the molecule is CC[C@@H](C(=O)NC(C)C)N(Cc1ccc(Cl)cc1Cl)C(=O)CN(c1ccc(Br)c(C)c1)S(C)(=O)=O. The van der Waals surface area contributed by atoms with Crippen molar-refractivity contribution < 1.29 is 18.0 Å². The van der Waals surface area contributed by atoms with Gasteiger partial charge in [0.25, 0.3) is 0 Å². The third-order valence-corrected chi connectivity index (χ3v) is 7.90. The Morgan fingerprint density at radius 1 is 1.11 bits per heavy atom. The lowest BCUT2D eigenvalue weighted by Crippen LogP contribution is -2.53. The van der Waals surface area contributed by atoms with Gasteiger partial charge in [-0.05, 0) is 68.7 Å². The summed E-state index contributed by atoms with van der Waals surface area (Å²) in [6.45, 7) is 6.81. The van der Waals surface area contributed by atoms with Crippen molar-refractivity contribution in [3.05, 3.63) is 62.0 Å². The van der Waals surface area contributed by atoms with Gasteiger partial charge in [0.05, 0.1) is 11.9 Å². The molecule has 2 aromatic carbocycles. The average Bonchev–Trinajstić information content (AvgIpc) is 2.74. The van der Waals surface area contributed by atoms with Gasteiger partial charge in [0.15, 0.2) is 0 Å². The Morgan fingerprint density at radius 3 is 2.29 bits per heavy atom. The molecule has 0 radical (unpaired) electrons. The number of halogens is 3. The number of benzene rings is 2. The Morgan fingerprint density at radius 2 is 1.77 bits per heavy atom. The van der Waals surface area contributed by atoms with E-state index in [1.54, 1.807) is 43.3 Å². The van der Waals surface area contributed by atoms with Crippen LogP contribution in [0.1, 0.15) is 38.3 Å². The molecule has 2 aromatic rings. The zero-order chi connectivity index (χ0) is 26.5. The summed E-state index contributed by atoms with van der Waals surface area (Å²) in [4.78, 5) is 28.0. The Labute approximate surface area is 225 Å². The lowest BCUT2D eigenvalue weighted by atomic mass is 10.1. The molecule has 35 heavy (non-hydrogen) atoms. The van der Waals surface area contributed by atoms with Crippen LogP contribution in [0.2, 0.25) is 10.0 Å². The van der Waals surface area contributed by atoms with Crippen molar-refractivity contribution in [1.29, 1.82) is 0 Å². The third kappa shape index (κ3) is 8.10. The topological polar surface area (TPSA) is 86.8 Å². The molecular weight excluding hydrogens is 577 g/mol. The van der Waals surface area contributed by atoms with Crippen molar-refractivity contribution in [3.63, 3.8) is 0 Å². The van der Waals surface area contributed by atoms with E-state index >= 15 is 0 Å². The minimum absolute atomic E-state index is 0.00975. The third-order valence-electron chi connectivity index (χ3n) is 5.28. The molecule has 1 atom stereocenters. The first-order valence-corrected chi connectivity index (χ1v) is 14.4. The van der Waals surface area contributed by atoms with Crippen molar-refractivity contribution in [2.45, 2.75) is 52.7 Å². The van der Waals surface area contributed by atoms with Crippen molar-refractivity contribution in [2.24, 2.45) is 0 Å². The standard InChI is InChI=1S/C24H30BrCl2N3O4S/c1-6-22(24(32)28-15(2)3)29(13-17-7-8-18(26)12-21(17)27)23(31)14-30(35(5,33)34)19-9-10-20(25)16(4)11-19/h7-12,15,22H,6,13-14H2,1-5H3,(H,28,32)/t22-/m0/s1. The fourth-order valence-corrected chi connectivity index (χ4v) is 5.09. The summed E-state index contributed by atoms with van der Waals surface area (Å²) in [5, 5.41) is 3.63. The van der Waals surface area contributed by atoms with Crippen LogP contribution in [0.4, 0.5) is 5.69 Å². The van der Waals surface area contributed by atoms with Gasteiger partial charge in [0.2, 0.25) is 21.8 Å². The molecule has 0 spiro atoms. The Hall–Kier alpha value is -1.81. The van der Waals surface area contributed by atoms with E-state index in [2.05, 4.69) is 21.2 Å². The zero-order valence-electron chi connectivity index (χ0n) is 20.3. The summed E-state index contributed by atoms with van der Waals surface area (Å²) in [6.07, 6.45) is 1.37. The van der Waals surface area contributed by atoms with Crippen LogP contribution in [0.15, 0.2) is 40.9 Å². The van der Waals surface area contributed by atoms with Crippen LogP contribution in [-0.4, -0.2) is 50.0 Å². The molecule has 11 heteroatoms. The second-order valence-electron chi connectivity index (χ2n) is 8.55. The van der Waals surface area contributed by atoms with E-state index in [-0.39, 0.29) is 18.5 Å². The smallest absolute Gasteiger partial charge is 0.244 e. The number of carbonyl (C=O) groups is 2. The van der Waals surface area contributed by atoms with Gasteiger partial charge in [-0.2, -0.15) is 0 Å². The van der Waals surface area contributed by atoms with Crippen molar-refractivity contribution >= 4 is 66.7 Å². The summed E-state index contributed by atoms with van der Waals surface area (Å²) in [5.41, 5.74) is 1.76. The maximum atomic E-state index is 13.7. The Kier molecular flexibility index (Phi) is 10.4. The van der Waals surface area contributed by atoms with E-state index in [4.69, 9.17) is 23.2 Å². The Bertz CT molecular complexity index is 1190. The molecule has 0 aliphatic carbocycles. The number of aryl methyl sites for hydroxylation is 1. The predicted octanol–water partition coefficient (Wildman–Crippen LogP) is 5.16. The first kappa shape index (κ1) is 29.4. The van der Waals surface area contributed by atoms with Crippen LogP contribution >= 0.6 is 39.1 Å². The minimum atomic E-state index is -3.81. The molecule has 0 unspecified atom stereocenters. The maximum absolute atomic E-state index is 13.7. The highest BCUT2D eigenvalue weighted by atomic mass is 79.9. The van der Waals surface area contributed by atoms with Crippen LogP contribution in [-0.2, 0) is 26.2 Å². The lowest BCUT2D eigenvalue weighted by Gasteiger charge is -2.33. The summed E-state index contributed by atoms with van der Waals surface area (Å²) >= 11 is 15.8. The van der Waals surface area contributed by atoms with Crippen molar-refractivity contribution in [3.8, 4) is 0 Å². The van der Waals surface area contributed by atoms with Crippen LogP contribution < -0.4 is 9.62 Å². The number of nitrogens with zero attached hydrogens (tertiary/aromatic N) is 2. The fourth-order valence-electron chi connectivity index (χ4n) is 3.53. The summed E-state index contributed by atoms with van der Waals surface area (Å²) in [7, 11) is -3.81. The van der Waals surface area contributed by atoms with Gasteiger partial charge in [-0.3, -0.25) is 13.9 Å². The molecule has 1 N–H and O–H groups in total. The molecule has 0 saturated carbocycles. The number of rotatable bonds is 10. The largest absolute Gasteiger partial charge is 0.352 e. The van der Waals surface area contributed by atoms with Gasteiger partial charge in [-0.1, -0.05) is 52.1 Å². The Balaban J connectivity index is 2.50. The second-order valence-corrected chi connectivity index (χ2v) is 12.2.